The minimum Gasteiger partial charge on any atom is -0.340 e. The molecule has 9 heteroatoms. The van der Waals surface area contributed by atoms with Crippen LogP contribution in [-0.2, 0) is 6.18 Å². The summed E-state index contributed by atoms with van der Waals surface area (Å²) in [6.07, 6.45) is -1.28. The van der Waals surface area contributed by atoms with Crippen LogP contribution in [-0.4, -0.2) is 15.0 Å². The van der Waals surface area contributed by atoms with Crippen molar-refractivity contribution in [1.82, 2.24) is 15.0 Å². The van der Waals surface area contributed by atoms with Gasteiger partial charge in [-0.15, -0.1) is 0 Å². The fraction of sp³-hybridized carbons (Fsp3) is 0.0500. The average molecular weight is 435 g/mol. The number of hydrogen-bond acceptors (Lipinski definition) is 4. The van der Waals surface area contributed by atoms with Crippen LogP contribution in [0.5, 0.6) is 0 Å². The quantitative estimate of drug-likeness (QED) is 0.386. The molecule has 1 N–H and O–H groups in total. The first-order chi connectivity index (χ1) is 13.8. The van der Waals surface area contributed by atoms with Crippen molar-refractivity contribution in [3.8, 4) is 11.4 Å². The van der Waals surface area contributed by atoms with Crippen LogP contribution in [0.25, 0.3) is 22.3 Å². The second kappa shape index (κ2) is 7.50. The Hall–Kier alpha value is -2.90. The molecule has 4 nitrogen and oxygen atoms in total. The Kier molecular flexibility index (Phi) is 5.02. The molecule has 0 atom stereocenters. The first-order valence-corrected chi connectivity index (χ1v) is 9.08. The first kappa shape index (κ1) is 19.4. The summed E-state index contributed by atoms with van der Waals surface area (Å²) in [6.45, 7) is 0. The molecule has 0 fully saturated rings. The van der Waals surface area contributed by atoms with Crippen molar-refractivity contribution in [3.05, 3.63) is 76.5 Å². The maximum atomic E-state index is 13.0. The van der Waals surface area contributed by atoms with E-state index in [0.717, 1.165) is 6.07 Å². The largest absolute Gasteiger partial charge is 0.417 e. The number of rotatable bonds is 3. The van der Waals surface area contributed by atoms with Crippen LogP contribution in [0, 0.1) is 0 Å². The number of halogens is 5. The third kappa shape index (κ3) is 4.11. The molecule has 0 aliphatic carbocycles. The zero-order chi connectivity index (χ0) is 20.6. The van der Waals surface area contributed by atoms with E-state index in [-0.39, 0.29) is 0 Å². The molecular weight excluding hydrogens is 424 g/mol. The van der Waals surface area contributed by atoms with Crippen molar-refractivity contribution in [1.29, 1.82) is 0 Å². The van der Waals surface area contributed by atoms with Crippen molar-refractivity contribution in [2.24, 2.45) is 0 Å². The van der Waals surface area contributed by atoms with Crippen LogP contribution in [0.1, 0.15) is 5.56 Å². The SMILES string of the molecule is FC(F)(F)c1ccc(Nc2nc(-c3cccnc3)nc3ccc(Cl)cc23)cc1Cl. The smallest absolute Gasteiger partial charge is 0.340 e. The number of alkyl halides is 3. The van der Waals surface area contributed by atoms with Gasteiger partial charge in [0.05, 0.1) is 16.1 Å². The van der Waals surface area contributed by atoms with Gasteiger partial charge in [-0.1, -0.05) is 23.2 Å². The Morgan fingerprint density at radius 2 is 1.76 bits per heavy atom. The van der Waals surface area contributed by atoms with Gasteiger partial charge >= 0.3 is 6.18 Å². The van der Waals surface area contributed by atoms with Gasteiger partial charge in [-0.3, -0.25) is 4.98 Å². The van der Waals surface area contributed by atoms with E-state index in [0.29, 0.717) is 38.8 Å². The molecule has 0 unspecified atom stereocenters. The molecule has 146 valence electrons. The van der Waals surface area contributed by atoms with Crippen molar-refractivity contribution >= 4 is 45.6 Å². The predicted octanol–water partition coefficient (Wildman–Crippen LogP) is 6.76. The molecule has 2 aromatic carbocycles. The topological polar surface area (TPSA) is 50.7 Å². The maximum Gasteiger partial charge on any atom is 0.417 e. The van der Waals surface area contributed by atoms with E-state index in [9.17, 15) is 13.2 Å². The second-order valence-corrected chi connectivity index (χ2v) is 6.96. The summed E-state index contributed by atoms with van der Waals surface area (Å²) in [4.78, 5) is 13.1. The van der Waals surface area contributed by atoms with Gasteiger partial charge in [0.25, 0.3) is 0 Å². The van der Waals surface area contributed by atoms with Crippen molar-refractivity contribution in [3.63, 3.8) is 0 Å². The summed E-state index contributed by atoms with van der Waals surface area (Å²) < 4.78 is 38.9. The third-order valence-corrected chi connectivity index (χ3v) is 4.66. The normalized spacial score (nSPS) is 11.6. The van der Waals surface area contributed by atoms with E-state index in [1.54, 1.807) is 36.7 Å². The van der Waals surface area contributed by atoms with Crippen molar-refractivity contribution < 1.29 is 13.2 Å². The lowest BCUT2D eigenvalue weighted by atomic mass is 10.1. The lowest BCUT2D eigenvalue weighted by molar-refractivity contribution is -0.137. The predicted molar refractivity (Wildman–Crippen MR) is 108 cm³/mol. The highest BCUT2D eigenvalue weighted by atomic mass is 35.5. The molecule has 4 aromatic rings. The Balaban J connectivity index is 1.82. The van der Waals surface area contributed by atoms with Gasteiger partial charge in [0.15, 0.2) is 5.82 Å². The molecule has 29 heavy (non-hydrogen) atoms. The fourth-order valence-corrected chi connectivity index (χ4v) is 3.24. The molecule has 0 bridgehead atoms. The summed E-state index contributed by atoms with van der Waals surface area (Å²) >= 11 is 11.9. The van der Waals surface area contributed by atoms with Crippen molar-refractivity contribution in [2.75, 3.05) is 5.32 Å². The van der Waals surface area contributed by atoms with Gasteiger partial charge in [0, 0.05) is 34.1 Å². The lowest BCUT2D eigenvalue weighted by Crippen LogP contribution is -2.06. The molecule has 0 aliphatic rings. The molecule has 0 spiro atoms. The zero-order valence-corrected chi connectivity index (χ0v) is 16.0. The monoisotopic (exact) mass is 434 g/mol. The molecule has 2 heterocycles. The minimum atomic E-state index is -4.53. The molecule has 4 rings (SSSR count). The molecule has 0 amide bonds. The van der Waals surface area contributed by atoms with E-state index in [1.165, 1.54) is 12.1 Å². The van der Waals surface area contributed by atoms with Gasteiger partial charge in [-0.25, -0.2) is 9.97 Å². The van der Waals surface area contributed by atoms with Crippen LogP contribution < -0.4 is 5.32 Å². The second-order valence-electron chi connectivity index (χ2n) is 6.12. The number of benzene rings is 2. The first-order valence-electron chi connectivity index (χ1n) is 8.33. The van der Waals surface area contributed by atoms with E-state index < -0.39 is 16.8 Å². The summed E-state index contributed by atoms with van der Waals surface area (Å²) in [5, 5.41) is 3.70. The summed E-state index contributed by atoms with van der Waals surface area (Å²) in [5.74, 6) is 0.792. The van der Waals surface area contributed by atoms with Crippen LogP contribution in [0.15, 0.2) is 60.9 Å². The van der Waals surface area contributed by atoms with Crippen LogP contribution in [0.3, 0.4) is 0 Å². The van der Waals surface area contributed by atoms with E-state index in [2.05, 4.69) is 20.3 Å². The van der Waals surface area contributed by atoms with Gasteiger partial charge in [0.2, 0.25) is 0 Å². The van der Waals surface area contributed by atoms with Crippen LogP contribution in [0.4, 0.5) is 24.7 Å². The van der Waals surface area contributed by atoms with Gasteiger partial charge in [0.1, 0.15) is 5.82 Å². The molecule has 0 aliphatic heterocycles. The van der Waals surface area contributed by atoms with E-state index in [4.69, 9.17) is 23.2 Å². The fourth-order valence-electron chi connectivity index (χ4n) is 2.78. The minimum absolute atomic E-state index is 0.347. The van der Waals surface area contributed by atoms with Crippen LogP contribution in [0.2, 0.25) is 10.0 Å². The summed E-state index contributed by atoms with van der Waals surface area (Å²) in [6, 6.07) is 12.1. The highest BCUT2D eigenvalue weighted by Crippen LogP contribution is 2.37. The Morgan fingerprint density at radius 3 is 2.45 bits per heavy atom. The van der Waals surface area contributed by atoms with Gasteiger partial charge in [-0.05, 0) is 48.5 Å². The van der Waals surface area contributed by atoms with Crippen LogP contribution >= 0.6 is 23.2 Å². The molecule has 0 radical (unpaired) electrons. The molecule has 2 aromatic heterocycles. The highest BCUT2D eigenvalue weighted by Gasteiger charge is 2.33. The number of fused-ring (bicyclic) bond motifs is 1. The highest BCUT2D eigenvalue weighted by molar-refractivity contribution is 6.32. The van der Waals surface area contributed by atoms with Gasteiger partial charge in [-0.2, -0.15) is 13.2 Å². The lowest BCUT2D eigenvalue weighted by Gasteiger charge is -2.13. The number of hydrogen-bond donors (Lipinski definition) is 1. The summed E-state index contributed by atoms with van der Waals surface area (Å²) in [7, 11) is 0. The number of aromatic nitrogens is 3. The molecule has 0 saturated carbocycles. The standard InChI is InChI=1S/C20H11Cl2F3N4/c21-12-3-6-17-14(8-12)19(29-18(28-17)11-2-1-7-26-10-11)27-13-4-5-15(16(22)9-13)20(23,24)25/h1-10H,(H,27,28,29). The maximum absolute atomic E-state index is 13.0. The van der Waals surface area contributed by atoms with E-state index >= 15 is 0 Å². The molecule has 0 saturated heterocycles. The Bertz CT molecular complexity index is 1200. The Labute approximate surface area is 173 Å². The third-order valence-electron chi connectivity index (χ3n) is 4.11. The number of nitrogens with zero attached hydrogens (tertiary/aromatic N) is 3. The summed E-state index contributed by atoms with van der Waals surface area (Å²) in [5.41, 5.74) is 0.748. The Morgan fingerprint density at radius 1 is 0.931 bits per heavy atom. The van der Waals surface area contributed by atoms with Crippen molar-refractivity contribution in [2.45, 2.75) is 6.18 Å². The zero-order valence-electron chi connectivity index (χ0n) is 14.5. The average Bonchev–Trinajstić information content (AvgIpc) is 2.68. The number of pyridine rings is 1. The van der Waals surface area contributed by atoms with Gasteiger partial charge < -0.3 is 5.32 Å². The number of anilines is 2. The molecular formula is C20H11Cl2F3N4. The van der Waals surface area contributed by atoms with E-state index in [1.807, 2.05) is 6.07 Å². The number of nitrogens with one attached hydrogen (secondary N) is 1.